The number of amides is 2. The molecule has 4 rings (SSSR count). The van der Waals surface area contributed by atoms with E-state index in [1.165, 1.54) is 0 Å². The number of rotatable bonds is 6. The van der Waals surface area contributed by atoms with Gasteiger partial charge in [-0.2, -0.15) is 0 Å². The molecule has 0 spiro atoms. The number of halogens is 1. The molecule has 0 bridgehead atoms. The van der Waals surface area contributed by atoms with Crippen molar-refractivity contribution in [1.29, 1.82) is 0 Å². The van der Waals surface area contributed by atoms with Crippen molar-refractivity contribution in [2.75, 3.05) is 12.4 Å². The molecule has 0 aliphatic carbocycles. The lowest BCUT2D eigenvalue weighted by atomic mass is 10.1. The third-order valence-corrected chi connectivity index (χ3v) is 5.81. The van der Waals surface area contributed by atoms with E-state index in [1.807, 2.05) is 55.5 Å². The van der Waals surface area contributed by atoms with E-state index < -0.39 is 0 Å². The van der Waals surface area contributed by atoms with Gasteiger partial charge < -0.3 is 19.9 Å². The number of carbonyl (C=O) groups is 1. The third-order valence-electron chi connectivity index (χ3n) is 5.48. The lowest BCUT2D eigenvalue weighted by molar-refractivity contribution is 0.205. The van der Waals surface area contributed by atoms with Crippen LogP contribution in [-0.4, -0.2) is 23.0 Å². The Morgan fingerprint density at radius 2 is 1.73 bits per heavy atom. The number of hydrogen-bond donors (Lipinski definition) is 2. The number of aromatic amines is 1. The summed E-state index contributed by atoms with van der Waals surface area (Å²) < 4.78 is 5.46. The van der Waals surface area contributed by atoms with Gasteiger partial charge in [-0.05, 0) is 42.1 Å². The first kappa shape index (κ1) is 22.4. The zero-order chi connectivity index (χ0) is 23.4. The number of benzene rings is 3. The average molecular weight is 462 g/mol. The van der Waals surface area contributed by atoms with Crippen molar-refractivity contribution in [3.8, 4) is 5.75 Å². The van der Waals surface area contributed by atoms with Crippen molar-refractivity contribution in [2.24, 2.45) is 0 Å². The van der Waals surface area contributed by atoms with Gasteiger partial charge in [0.15, 0.2) is 0 Å². The van der Waals surface area contributed by atoms with E-state index in [0.717, 1.165) is 22.0 Å². The van der Waals surface area contributed by atoms with Gasteiger partial charge in [-0.3, -0.25) is 4.79 Å². The molecule has 0 saturated heterocycles. The largest absolute Gasteiger partial charge is 0.496 e. The van der Waals surface area contributed by atoms with Gasteiger partial charge in [-0.25, -0.2) is 4.79 Å². The molecular weight excluding hydrogens is 438 g/mol. The standard InChI is InChI=1S/C26H24ClN3O3/c1-17-8-7-10-18-14-20(25(31)29-24(17)18)16-30(15-19-9-3-6-13-23(19)33-2)26(32)28-22-12-5-4-11-21(22)27/h3-14H,15-16H2,1-2H3,(H,28,32)(H,29,31). The Hall–Kier alpha value is -3.77. The molecule has 0 aliphatic rings. The van der Waals surface area contributed by atoms with Gasteiger partial charge >= 0.3 is 6.03 Å². The van der Waals surface area contributed by atoms with Crippen LogP contribution in [-0.2, 0) is 13.1 Å². The monoisotopic (exact) mass is 461 g/mol. The first-order valence-corrected chi connectivity index (χ1v) is 10.9. The Bertz CT molecular complexity index is 1370. The predicted molar refractivity (Wildman–Crippen MR) is 132 cm³/mol. The van der Waals surface area contributed by atoms with Crippen molar-refractivity contribution in [3.05, 3.63) is 105 Å². The highest BCUT2D eigenvalue weighted by Crippen LogP contribution is 2.24. The fraction of sp³-hybridized carbons (Fsp3) is 0.154. The number of aryl methyl sites for hydroxylation is 1. The highest BCUT2D eigenvalue weighted by molar-refractivity contribution is 6.33. The van der Waals surface area contributed by atoms with Crippen molar-refractivity contribution < 1.29 is 9.53 Å². The number of ether oxygens (including phenoxy) is 1. The quantitative estimate of drug-likeness (QED) is 0.385. The van der Waals surface area contributed by atoms with Gasteiger partial charge in [0, 0.05) is 11.1 Å². The first-order valence-electron chi connectivity index (χ1n) is 10.5. The molecule has 0 radical (unpaired) electrons. The van der Waals surface area contributed by atoms with Crippen LogP contribution in [0.25, 0.3) is 10.9 Å². The maximum Gasteiger partial charge on any atom is 0.322 e. The van der Waals surface area contributed by atoms with Gasteiger partial charge in [0.05, 0.1) is 36.4 Å². The molecule has 0 atom stereocenters. The minimum atomic E-state index is -0.377. The summed E-state index contributed by atoms with van der Waals surface area (Å²) in [6.45, 7) is 2.29. The molecule has 2 amide bonds. The Morgan fingerprint density at radius 3 is 2.52 bits per heavy atom. The number of carbonyl (C=O) groups excluding carboxylic acids is 1. The van der Waals surface area contributed by atoms with Crippen molar-refractivity contribution in [3.63, 3.8) is 0 Å². The molecule has 1 aromatic heterocycles. The molecule has 6 nitrogen and oxygen atoms in total. The summed E-state index contributed by atoms with van der Waals surface area (Å²) in [5, 5.41) is 4.20. The van der Waals surface area contributed by atoms with Crippen LogP contribution in [0.3, 0.4) is 0 Å². The van der Waals surface area contributed by atoms with Crippen LogP contribution in [0.1, 0.15) is 16.7 Å². The number of methoxy groups -OCH3 is 1. The Morgan fingerprint density at radius 1 is 1.00 bits per heavy atom. The normalized spacial score (nSPS) is 10.8. The van der Waals surface area contributed by atoms with Crippen LogP contribution < -0.4 is 15.6 Å². The van der Waals surface area contributed by atoms with Crippen LogP contribution in [0.2, 0.25) is 5.02 Å². The fourth-order valence-corrected chi connectivity index (χ4v) is 3.93. The number of para-hydroxylation sites is 3. The van der Waals surface area contributed by atoms with Crippen LogP contribution >= 0.6 is 11.6 Å². The second-order valence-electron chi connectivity index (χ2n) is 7.74. The third kappa shape index (κ3) is 5.02. The highest BCUT2D eigenvalue weighted by Gasteiger charge is 2.19. The molecule has 1 heterocycles. The summed E-state index contributed by atoms with van der Waals surface area (Å²) in [7, 11) is 1.59. The molecule has 7 heteroatoms. The van der Waals surface area contributed by atoms with E-state index in [1.54, 1.807) is 36.3 Å². The van der Waals surface area contributed by atoms with Crippen LogP contribution in [0.15, 0.2) is 77.6 Å². The zero-order valence-corrected chi connectivity index (χ0v) is 19.1. The van der Waals surface area contributed by atoms with E-state index in [0.29, 0.717) is 22.0 Å². The van der Waals surface area contributed by atoms with Gasteiger partial charge in [-0.15, -0.1) is 0 Å². The number of anilines is 1. The maximum atomic E-state index is 13.3. The molecule has 3 aromatic carbocycles. The summed E-state index contributed by atoms with van der Waals surface area (Å²) in [4.78, 5) is 30.7. The van der Waals surface area contributed by atoms with Crippen LogP contribution in [0.4, 0.5) is 10.5 Å². The van der Waals surface area contributed by atoms with Gasteiger partial charge in [0.1, 0.15) is 5.75 Å². The van der Waals surface area contributed by atoms with E-state index in [9.17, 15) is 9.59 Å². The Balaban J connectivity index is 1.70. The van der Waals surface area contributed by atoms with E-state index >= 15 is 0 Å². The lowest BCUT2D eigenvalue weighted by Crippen LogP contribution is -2.36. The second-order valence-corrected chi connectivity index (χ2v) is 8.15. The van der Waals surface area contributed by atoms with Gasteiger partial charge in [0.25, 0.3) is 5.56 Å². The number of urea groups is 1. The molecule has 0 unspecified atom stereocenters. The summed E-state index contributed by atoms with van der Waals surface area (Å²) in [6, 6.07) is 21.8. The van der Waals surface area contributed by atoms with Crippen LogP contribution in [0, 0.1) is 6.92 Å². The number of aromatic nitrogens is 1. The summed E-state index contributed by atoms with van der Waals surface area (Å²) in [6.07, 6.45) is 0. The second kappa shape index (κ2) is 9.79. The van der Waals surface area contributed by atoms with Gasteiger partial charge in [-0.1, -0.05) is 60.1 Å². The Labute approximate surface area is 196 Å². The molecular formula is C26H24ClN3O3. The number of pyridine rings is 1. The maximum absolute atomic E-state index is 13.3. The molecule has 4 aromatic rings. The van der Waals surface area contributed by atoms with Crippen molar-refractivity contribution in [2.45, 2.75) is 20.0 Å². The van der Waals surface area contributed by atoms with Crippen molar-refractivity contribution >= 4 is 34.2 Å². The highest BCUT2D eigenvalue weighted by atomic mass is 35.5. The molecule has 0 fully saturated rings. The molecule has 168 valence electrons. The molecule has 0 saturated carbocycles. The predicted octanol–water partition coefficient (Wildman–Crippen LogP) is 5.73. The smallest absolute Gasteiger partial charge is 0.322 e. The summed E-state index contributed by atoms with van der Waals surface area (Å²) >= 11 is 6.24. The molecule has 0 aliphatic heterocycles. The van der Waals surface area contributed by atoms with Gasteiger partial charge in [0.2, 0.25) is 0 Å². The van der Waals surface area contributed by atoms with E-state index in [2.05, 4.69) is 10.3 Å². The molecule has 2 N–H and O–H groups in total. The minimum absolute atomic E-state index is 0.105. The molecule has 33 heavy (non-hydrogen) atoms. The summed E-state index contributed by atoms with van der Waals surface area (Å²) in [5.41, 5.74) is 3.35. The van der Waals surface area contributed by atoms with E-state index in [4.69, 9.17) is 16.3 Å². The van der Waals surface area contributed by atoms with E-state index in [-0.39, 0.29) is 24.7 Å². The van der Waals surface area contributed by atoms with Crippen LogP contribution in [0.5, 0.6) is 5.75 Å². The number of nitrogens with one attached hydrogen (secondary N) is 2. The fourth-order valence-electron chi connectivity index (χ4n) is 3.75. The number of H-pyrrole nitrogens is 1. The topological polar surface area (TPSA) is 74.4 Å². The minimum Gasteiger partial charge on any atom is -0.496 e. The van der Waals surface area contributed by atoms with Crippen molar-refractivity contribution in [1.82, 2.24) is 9.88 Å². The number of fused-ring (bicyclic) bond motifs is 1. The number of hydrogen-bond acceptors (Lipinski definition) is 3. The zero-order valence-electron chi connectivity index (χ0n) is 18.4. The Kier molecular flexibility index (Phi) is 6.66. The first-order chi connectivity index (χ1) is 16.0. The lowest BCUT2D eigenvalue weighted by Gasteiger charge is -2.24. The summed E-state index contributed by atoms with van der Waals surface area (Å²) in [5.74, 6) is 0.663. The average Bonchev–Trinajstić information content (AvgIpc) is 2.81. The number of nitrogens with zero attached hydrogens (tertiary/aromatic N) is 1. The SMILES string of the molecule is COc1ccccc1CN(Cc1cc2cccc(C)c2[nH]c1=O)C(=O)Nc1ccccc1Cl.